The number of fused-ring (bicyclic) bond motifs is 2. The van der Waals surface area contributed by atoms with E-state index in [0.717, 1.165) is 33.8 Å². The minimum Gasteiger partial charge on any atom is -0.498 e. The van der Waals surface area contributed by atoms with Gasteiger partial charge in [0.2, 0.25) is 0 Å². The zero-order valence-electron chi connectivity index (χ0n) is 28.5. The highest BCUT2D eigenvalue weighted by atomic mass is 16.5. The molecule has 4 heteroatoms. The highest BCUT2D eigenvalue weighted by Crippen LogP contribution is 2.49. The maximum absolute atomic E-state index is 6.56. The SMILES string of the molecule is CC=COCCOc1c(-c2c3ccccc3c(-c3cc(C)c(C)c(C)c3OCCOC=CC)c3ccccc23)cc(C)c(C)c1C. The quantitative estimate of drug-likeness (QED) is 0.0796. The number of hydrogen-bond acceptors (Lipinski definition) is 4. The van der Waals surface area contributed by atoms with Gasteiger partial charge in [-0.05, 0) is 122 Å². The Morgan fingerprint density at radius 1 is 0.478 bits per heavy atom. The summed E-state index contributed by atoms with van der Waals surface area (Å²) in [5.41, 5.74) is 11.8. The predicted molar refractivity (Wildman–Crippen MR) is 193 cm³/mol. The molecule has 5 aromatic rings. The van der Waals surface area contributed by atoms with Crippen molar-refractivity contribution in [1.29, 1.82) is 0 Å². The fourth-order valence-corrected chi connectivity index (χ4v) is 6.28. The van der Waals surface area contributed by atoms with Crippen molar-refractivity contribution in [3.05, 3.63) is 119 Å². The van der Waals surface area contributed by atoms with E-state index in [2.05, 4.69) is 102 Å². The first-order valence-electron chi connectivity index (χ1n) is 16.2. The van der Waals surface area contributed by atoms with Crippen LogP contribution >= 0.6 is 0 Å². The summed E-state index contributed by atoms with van der Waals surface area (Å²) in [4.78, 5) is 0. The van der Waals surface area contributed by atoms with Crippen LogP contribution in [-0.2, 0) is 9.47 Å². The van der Waals surface area contributed by atoms with E-state index < -0.39 is 0 Å². The minimum absolute atomic E-state index is 0.453. The summed E-state index contributed by atoms with van der Waals surface area (Å²) < 4.78 is 24.3. The molecule has 0 bridgehead atoms. The van der Waals surface area contributed by atoms with Crippen LogP contribution in [0.5, 0.6) is 11.5 Å². The second-order valence-electron chi connectivity index (χ2n) is 11.9. The average Bonchev–Trinajstić information content (AvgIpc) is 3.06. The van der Waals surface area contributed by atoms with Gasteiger partial charge in [-0.2, -0.15) is 0 Å². The van der Waals surface area contributed by atoms with Gasteiger partial charge in [0.05, 0.1) is 12.5 Å². The van der Waals surface area contributed by atoms with Gasteiger partial charge >= 0.3 is 0 Å². The first-order chi connectivity index (χ1) is 22.3. The molecule has 0 N–H and O–H groups in total. The summed E-state index contributed by atoms with van der Waals surface area (Å²) in [5, 5.41) is 4.69. The number of ether oxygens (including phenoxy) is 4. The zero-order valence-corrected chi connectivity index (χ0v) is 28.5. The highest BCUT2D eigenvalue weighted by Gasteiger charge is 2.24. The van der Waals surface area contributed by atoms with E-state index in [4.69, 9.17) is 18.9 Å². The van der Waals surface area contributed by atoms with Gasteiger partial charge in [-0.3, -0.25) is 0 Å². The Hall–Kier alpha value is -4.70. The Morgan fingerprint density at radius 3 is 1.15 bits per heavy atom. The Bertz CT molecular complexity index is 1730. The number of benzene rings is 5. The van der Waals surface area contributed by atoms with Crippen LogP contribution in [0.1, 0.15) is 47.2 Å². The Morgan fingerprint density at radius 2 is 0.826 bits per heavy atom. The molecule has 238 valence electrons. The highest BCUT2D eigenvalue weighted by molar-refractivity contribution is 6.22. The second kappa shape index (κ2) is 14.6. The largest absolute Gasteiger partial charge is 0.498 e. The van der Waals surface area contributed by atoms with E-state index in [0.29, 0.717) is 26.4 Å². The summed E-state index contributed by atoms with van der Waals surface area (Å²) in [7, 11) is 0. The van der Waals surface area contributed by atoms with Crippen LogP contribution in [0.25, 0.3) is 43.8 Å². The van der Waals surface area contributed by atoms with Gasteiger partial charge < -0.3 is 18.9 Å². The Labute approximate surface area is 274 Å². The van der Waals surface area contributed by atoms with Crippen molar-refractivity contribution in [3.63, 3.8) is 0 Å². The van der Waals surface area contributed by atoms with Gasteiger partial charge in [-0.1, -0.05) is 60.7 Å². The fraction of sp³-hybridized carbons (Fsp3) is 0.286. The summed E-state index contributed by atoms with van der Waals surface area (Å²) >= 11 is 0. The van der Waals surface area contributed by atoms with Crippen LogP contribution in [0.4, 0.5) is 0 Å². The molecular formula is C42H46O4. The third kappa shape index (κ3) is 6.35. The van der Waals surface area contributed by atoms with E-state index in [9.17, 15) is 0 Å². The van der Waals surface area contributed by atoms with Crippen LogP contribution in [0.15, 0.2) is 85.3 Å². The van der Waals surface area contributed by atoms with Crippen molar-refractivity contribution >= 4 is 21.5 Å². The number of allylic oxidation sites excluding steroid dienone is 2. The normalized spacial score (nSPS) is 11.7. The number of hydrogen-bond donors (Lipinski definition) is 0. The second-order valence-corrected chi connectivity index (χ2v) is 11.9. The molecule has 0 unspecified atom stereocenters. The molecule has 0 aliphatic carbocycles. The molecule has 0 saturated carbocycles. The van der Waals surface area contributed by atoms with Crippen LogP contribution in [0.3, 0.4) is 0 Å². The molecule has 0 amide bonds. The standard InChI is InChI=1S/C42H46O4/c1-9-19-43-21-23-45-41-31(7)29(5)27(3)25-37(41)39-33-15-11-13-17-35(33)40(36-18-14-12-16-34(36)39)38-26-28(4)30(6)32(8)42(38)46-24-22-44-20-10-2/h9-20,25-26H,21-24H2,1-8H3. The molecule has 0 spiro atoms. The molecule has 0 aromatic heterocycles. The van der Waals surface area contributed by atoms with Gasteiger partial charge in [0.15, 0.2) is 0 Å². The first-order valence-corrected chi connectivity index (χ1v) is 16.2. The summed E-state index contributed by atoms with van der Waals surface area (Å²) in [6.45, 7) is 18.8. The van der Waals surface area contributed by atoms with Gasteiger partial charge in [-0.15, -0.1) is 0 Å². The van der Waals surface area contributed by atoms with Gasteiger partial charge in [-0.25, -0.2) is 0 Å². The monoisotopic (exact) mass is 614 g/mol. The average molecular weight is 615 g/mol. The van der Waals surface area contributed by atoms with E-state index in [1.807, 2.05) is 26.0 Å². The maximum atomic E-state index is 6.56. The zero-order chi connectivity index (χ0) is 32.8. The van der Waals surface area contributed by atoms with Crippen LogP contribution < -0.4 is 9.47 Å². The van der Waals surface area contributed by atoms with E-state index in [-0.39, 0.29) is 0 Å². The minimum atomic E-state index is 0.453. The van der Waals surface area contributed by atoms with E-state index >= 15 is 0 Å². The van der Waals surface area contributed by atoms with Gasteiger partial charge in [0.25, 0.3) is 0 Å². The van der Waals surface area contributed by atoms with E-state index in [1.165, 1.54) is 54.9 Å². The summed E-state index contributed by atoms with van der Waals surface area (Å²) in [5.74, 6) is 1.81. The first kappa shape index (κ1) is 32.7. The lowest BCUT2D eigenvalue weighted by Gasteiger charge is -2.24. The van der Waals surface area contributed by atoms with E-state index in [1.54, 1.807) is 12.5 Å². The van der Waals surface area contributed by atoms with Crippen molar-refractivity contribution in [1.82, 2.24) is 0 Å². The number of aryl methyl sites for hydroxylation is 2. The molecule has 0 aliphatic rings. The Kier molecular flexibility index (Phi) is 10.4. The molecule has 0 heterocycles. The molecule has 5 rings (SSSR count). The maximum Gasteiger partial charge on any atom is 0.130 e. The van der Waals surface area contributed by atoms with Crippen molar-refractivity contribution in [2.24, 2.45) is 0 Å². The van der Waals surface area contributed by atoms with Crippen molar-refractivity contribution in [3.8, 4) is 33.8 Å². The van der Waals surface area contributed by atoms with Crippen molar-refractivity contribution < 1.29 is 18.9 Å². The van der Waals surface area contributed by atoms with Crippen molar-refractivity contribution in [2.45, 2.75) is 55.4 Å². The lowest BCUT2D eigenvalue weighted by atomic mass is 9.83. The topological polar surface area (TPSA) is 36.9 Å². The molecule has 0 radical (unpaired) electrons. The molecule has 46 heavy (non-hydrogen) atoms. The van der Waals surface area contributed by atoms with Crippen LogP contribution in [0.2, 0.25) is 0 Å². The third-order valence-electron chi connectivity index (χ3n) is 9.03. The third-order valence-corrected chi connectivity index (χ3v) is 9.03. The molecule has 5 aromatic carbocycles. The molecule has 0 atom stereocenters. The van der Waals surface area contributed by atoms with Crippen LogP contribution in [-0.4, -0.2) is 26.4 Å². The molecule has 0 saturated heterocycles. The lowest BCUT2D eigenvalue weighted by molar-refractivity contribution is 0.178. The molecular weight excluding hydrogens is 568 g/mol. The summed E-state index contributed by atoms with van der Waals surface area (Å²) in [6, 6.07) is 22.1. The fourth-order valence-electron chi connectivity index (χ4n) is 6.28. The van der Waals surface area contributed by atoms with Crippen LogP contribution in [0, 0.1) is 41.5 Å². The molecule has 0 fully saturated rings. The summed E-state index contributed by atoms with van der Waals surface area (Å²) in [6.07, 6.45) is 7.19. The molecule has 4 nitrogen and oxygen atoms in total. The van der Waals surface area contributed by atoms with Gasteiger partial charge in [0, 0.05) is 22.3 Å². The number of rotatable bonds is 12. The Balaban J connectivity index is 1.80. The predicted octanol–water partition coefficient (Wildman–Crippen LogP) is 11.0. The van der Waals surface area contributed by atoms with Gasteiger partial charge in [0.1, 0.15) is 37.9 Å². The lowest BCUT2D eigenvalue weighted by Crippen LogP contribution is -2.08. The van der Waals surface area contributed by atoms with Crippen molar-refractivity contribution in [2.75, 3.05) is 26.4 Å². The molecule has 0 aliphatic heterocycles. The smallest absolute Gasteiger partial charge is 0.130 e.